The second kappa shape index (κ2) is 8.28. The van der Waals surface area contributed by atoms with E-state index in [0.29, 0.717) is 6.42 Å². The SMILES string of the molecule is CC(C)OC(=O)C(=O)CCC(c1ccccc1)c1ccccc1. The van der Waals surface area contributed by atoms with Gasteiger partial charge >= 0.3 is 5.97 Å². The number of carbonyl (C=O) groups excluding carboxylic acids is 2. The normalized spacial score (nSPS) is 10.8. The van der Waals surface area contributed by atoms with E-state index < -0.39 is 11.8 Å². The number of ether oxygens (including phenoxy) is 1. The minimum atomic E-state index is -0.736. The number of hydrogen-bond acceptors (Lipinski definition) is 3. The Morgan fingerprint density at radius 1 is 0.870 bits per heavy atom. The van der Waals surface area contributed by atoms with Crippen LogP contribution in [0.2, 0.25) is 0 Å². The van der Waals surface area contributed by atoms with Crippen LogP contribution in [0.1, 0.15) is 43.7 Å². The minimum Gasteiger partial charge on any atom is -0.457 e. The lowest BCUT2D eigenvalue weighted by Crippen LogP contribution is -2.21. The van der Waals surface area contributed by atoms with Crippen LogP contribution in [0.4, 0.5) is 0 Å². The van der Waals surface area contributed by atoms with Gasteiger partial charge in [-0.15, -0.1) is 0 Å². The summed E-state index contributed by atoms with van der Waals surface area (Å²) in [6.07, 6.45) is 0.491. The summed E-state index contributed by atoms with van der Waals surface area (Å²) in [6, 6.07) is 20.1. The molecule has 0 fully saturated rings. The molecule has 0 amide bonds. The van der Waals surface area contributed by atoms with Crippen molar-refractivity contribution in [2.75, 3.05) is 0 Å². The van der Waals surface area contributed by atoms with Gasteiger partial charge in [-0.05, 0) is 31.4 Å². The largest absolute Gasteiger partial charge is 0.457 e. The molecule has 3 nitrogen and oxygen atoms in total. The second-order valence-corrected chi connectivity index (χ2v) is 5.79. The fourth-order valence-electron chi connectivity index (χ4n) is 2.55. The molecular formula is C20H22O3. The van der Waals surface area contributed by atoms with Gasteiger partial charge in [-0.3, -0.25) is 4.79 Å². The molecule has 3 heteroatoms. The Kier molecular flexibility index (Phi) is 6.10. The third-order valence-electron chi connectivity index (χ3n) is 3.63. The molecule has 0 aromatic heterocycles. The average Bonchev–Trinajstić information content (AvgIpc) is 2.56. The summed E-state index contributed by atoms with van der Waals surface area (Å²) in [6.45, 7) is 3.48. The number of benzene rings is 2. The molecule has 0 spiro atoms. The maximum atomic E-state index is 12.0. The molecule has 0 aliphatic heterocycles. The van der Waals surface area contributed by atoms with Crippen LogP contribution in [-0.4, -0.2) is 17.9 Å². The van der Waals surface area contributed by atoms with E-state index in [1.54, 1.807) is 13.8 Å². The fourth-order valence-corrected chi connectivity index (χ4v) is 2.55. The zero-order valence-corrected chi connectivity index (χ0v) is 13.6. The predicted octanol–water partition coefficient (Wildman–Crippen LogP) is 4.12. The van der Waals surface area contributed by atoms with E-state index >= 15 is 0 Å². The van der Waals surface area contributed by atoms with Crippen LogP contribution in [0.15, 0.2) is 60.7 Å². The number of rotatable bonds is 7. The van der Waals surface area contributed by atoms with E-state index in [1.165, 1.54) is 0 Å². The van der Waals surface area contributed by atoms with Crippen molar-refractivity contribution in [1.29, 1.82) is 0 Å². The van der Waals surface area contributed by atoms with E-state index in [9.17, 15) is 9.59 Å². The van der Waals surface area contributed by atoms with E-state index in [0.717, 1.165) is 11.1 Å². The van der Waals surface area contributed by atoms with Crippen LogP contribution >= 0.6 is 0 Å². The molecule has 0 bridgehead atoms. The first-order chi connectivity index (χ1) is 11.1. The van der Waals surface area contributed by atoms with Crippen molar-refractivity contribution >= 4 is 11.8 Å². The quantitative estimate of drug-likeness (QED) is 0.571. The van der Waals surface area contributed by atoms with E-state index in [2.05, 4.69) is 24.3 Å². The maximum Gasteiger partial charge on any atom is 0.374 e. The molecule has 0 heterocycles. The molecule has 0 aliphatic rings. The fraction of sp³-hybridized carbons (Fsp3) is 0.300. The van der Waals surface area contributed by atoms with Gasteiger partial charge in [0.25, 0.3) is 0 Å². The summed E-state index contributed by atoms with van der Waals surface area (Å²) in [5, 5.41) is 0. The Balaban J connectivity index is 2.10. The lowest BCUT2D eigenvalue weighted by Gasteiger charge is -2.17. The van der Waals surface area contributed by atoms with Gasteiger partial charge < -0.3 is 4.74 Å². The van der Waals surface area contributed by atoms with Gasteiger partial charge in [-0.2, -0.15) is 0 Å². The van der Waals surface area contributed by atoms with Crippen LogP contribution < -0.4 is 0 Å². The Bertz CT molecular complexity index is 593. The Morgan fingerprint density at radius 2 is 1.35 bits per heavy atom. The molecule has 0 unspecified atom stereocenters. The van der Waals surface area contributed by atoms with Gasteiger partial charge in [0.05, 0.1) is 6.10 Å². The van der Waals surface area contributed by atoms with Crippen LogP contribution in [0.25, 0.3) is 0 Å². The van der Waals surface area contributed by atoms with E-state index in [4.69, 9.17) is 4.74 Å². The highest BCUT2D eigenvalue weighted by atomic mass is 16.5. The number of esters is 1. The van der Waals surface area contributed by atoms with Gasteiger partial charge in [0.1, 0.15) is 0 Å². The summed E-state index contributed by atoms with van der Waals surface area (Å²) >= 11 is 0. The summed E-state index contributed by atoms with van der Waals surface area (Å²) in [7, 11) is 0. The van der Waals surface area contributed by atoms with E-state index in [1.807, 2.05) is 36.4 Å². The highest BCUT2D eigenvalue weighted by Crippen LogP contribution is 2.29. The minimum absolute atomic E-state index is 0.0909. The van der Waals surface area contributed by atoms with E-state index in [-0.39, 0.29) is 18.4 Å². The topological polar surface area (TPSA) is 43.4 Å². The highest BCUT2D eigenvalue weighted by Gasteiger charge is 2.20. The van der Waals surface area contributed by atoms with Crippen molar-refractivity contribution < 1.29 is 14.3 Å². The third kappa shape index (κ3) is 5.06. The molecule has 0 saturated heterocycles. The lowest BCUT2D eigenvalue weighted by atomic mass is 9.87. The Morgan fingerprint density at radius 3 is 1.78 bits per heavy atom. The molecule has 0 aliphatic carbocycles. The van der Waals surface area contributed by atoms with Gasteiger partial charge in [-0.25, -0.2) is 4.79 Å². The first-order valence-electron chi connectivity index (χ1n) is 7.91. The van der Waals surface area contributed by atoms with Crippen molar-refractivity contribution in [2.45, 2.75) is 38.7 Å². The maximum absolute atomic E-state index is 12.0. The van der Waals surface area contributed by atoms with Crippen LogP contribution in [0, 0.1) is 0 Å². The molecule has 2 rings (SSSR count). The molecule has 2 aromatic rings. The monoisotopic (exact) mass is 310 g/mol. The smallest absolute Gasteiger partial charge is 0.374 e. The van der Waals surface area contributed by atoms with Crippen molar-refractivity contribution in [3.05, 3.63) is 71.8 Å². The third-order valence-corrected chi connectivity index (χ3v) is 3.63. The van der Waals surface area contributed by atoms with Crippen molar-refractivity contribution in [3.8, 4) is 0 Å². The number of Topliss-reactive ketones (excluding diaryl/α,β-unsaturated/α-hetero) is 1. The Labute approximate surface area is 137 Å². The first-order valence-corrected chi connectivity index (χ1v) is 7.91. The first kappa shape index (κ1) is 16.9. The molecule has 2 aromatic carbocycles. The molecule has 120 valence electrons. The van der Waals surface area contributed by atoms with Gasteiger partial charge in [0, 0.05) is 12.3 Å². The second-order valence-electron chi connectivity index (χ2n) is 5.79. The molecule has 0 atom stereocenters. The summed E-state index contributed by atoms with van der Waals surface area (Å²) in [5.41, 5.74) is 2.28. The van der Waals surface area contributed by atoms with Gasteiger partial charge in [-0.1, -0.05) is 60.7 Å². The summed E-state index contributed by atoms with van der Waals surface area (Å²) in [4.78, 5) is 23.6. The zero-order chi connectivity index (χ0) is 16.7. The highest BCUT2D eigenvalue weighted by molar-refractivity contribution is 6.33. The Hall–Kier alpha value is -2.42. The number of hydrogen-bond donors (Lipinski definition) is 0. The van der Waals surface area contributed by atoms with Crippen molar-refractivity contribution in [1.82, 2.24) is 0 Å². The number of ketones is 1. The van der Waals surface area contributed by atoms with Crippen LogP contribution in [0.5, 0.6) is 0 Å². The molecule has 0 saturated carbocycles. The average molecular weight is 310 g/mol. The summed E-state index contributed by atoms with van der Waals surface area (Å²) in [5.74, 6) is -1.11. The predicted molar refractivity (Wildman–Crippen MR) is 90.2 cm³/mol. The van der Waals surface area contributed by atoms with Gasteiger partial charge in [0.15, 0.2) is 0 Å². The molecule has 0 N–H and O–H groups in total. The van der Waals surface area contributed by atoms with Crippen molar-refractivity contribution in [2.24, 2.45) is 0 Å². The molecule has 23 heavy (non-hydrogen) atoms. The molecular weight excluding hydrogens is 288 g/mol. The van der Waals surface area contributed by atoms with Crippen LogP contribution in [0.3, 0.4) is 0 Å². The number of carbonyl (C=O) groups is 2. The lowest BCUT2D eigenvalue weighted by molar-refractivity contribution is -0.156. The standard InChI is InChI=1S/C20H22O3/c1-15(2)23-20(22)19(21)14-13-18(16-9-5-3-6-10-16)17-11-7-4-8-12-17/h3-12,15,18H,13-14H2,1-2H3. The summed E-state index contributed by atoms with van der Waals surface area (Å²) < 4.78 is 4.97. The van der Waals surface area contributed by atoms with Crippen molar-refractivity contribution in [3.63, 3.8) is 0 Å². The zero-order valence-electron chi connectivity index (χ0n) is 13.6. The van der Waals surface area contributed by atoms with Gasteiger partial charge in [0.2, 0.25) is 5.78 Å². The van der Waals surface area contributed by atoms with Crippen LogP contribution in [-0.2, 0) is 14.3 Å². The molecule has 0 radical (unpaired) electrons.